The van der Waals surface area contributed by atoms with E-state index in [9.17, 15) is 17.6 Å². The van der Waals surface area contributed by atoms with Gasteiger partial charge in [0.15, 0.2) is 0 Å². The Labute approximate surface area is 90.7 Å². The summed E-state index contributed by atoms with van der Waals surface area (Å²) in [7, 11) is 0. The van der Waals surface area contributed by atoms with Crippen molar-refractivity contribution in [2.24, 2.45) is 0 Å². The van der Waals surface area contributed by atoms with E-state index in [2.05, 4.69) is 15.9 Å². The van der Waals surface area contributed by atoms with Crippen LogP contribution >= 0.6 is 15.9 Å². The van der Waals surface area contributed by atoms with Gasteiger partial charge in [0.2, 0.25) is 5.97 Å². The molecule has 0 atom stereocenters. The highest BCUT2D eigenvalue weighted by molar-refractivity contribution is 9.10. The Morgan fingerprint density at radius 1 is 1.33 bits per heavy atom. The summed E-state index contributed by atoms with van der Waals surface area (Å²) in [6, 6.07) is 1.76. The number of anilines is 1. The highest BCUT2D eigenvalue weighted by Gasteiger charge is 2.34. The van der Waals surface area contributed by atoms with Crippen LogP contribution in [0.3, 0.4) is 0 Å². The number of hydrogen-bond acceptors (Lipinski definition) is 2. The van der Waals surface area contributed by atoms with Crippen LogP contribution in [0, 0.1) is 5.41 Å². The van der Waals surface area contributed by atoms with Gasteiger partial charge in [0.05, 0.1) is 16.8 Å². The third-order valence-electron chi connectivity index (χ3n) is 1.69. The molecule has 0 heterocycles. The van der Waals surface area contributed by atoms with E-state index in [0.717, 1.165) is 12.1 Å². The minimum atomic E-state index is -4.67. The SMILES string of the molecule is N=C(F)c1cc(Br)cc(C(F)(F)F)c1N. The Morgan fingerprint density at radius 3 is 2.27 bits per heavy atom. The van der Waals surface area contributed by atoms with Gasteiger partial charge in [-0.05, 0) is 12.1 Å². The maximum Gasteiger partial charge on any atom is 0.418 e. The van der Waals surface area contributed by atoms with Crippen molar-refractivity contribution in [3.05, 3.63) is 27.7 Å². The highest BCUT2D eigenvalue weighted by atomic mass is 79.9. The van der Waals surface area contributed by atoms with E-state index in [0.29, 0.717) is 0 Å². The van der Waals surface area contributed by atoms with Crippen molar-refractivity contribution in [2.45, 2.75) is 6.18 Å². The van der Waals surface area contributed by atoms with E-state index in [4.69, 9.17) is 11.1 Å². The van der Waals surface area contributed by atoms with Crippen LogP contribution in [0.5, 0.6) is 0 Å². The van der Waals surface area contributed by atoms with Crippen LogP contribution in [0.4, 0.5) is 23.2 Å². The molecular weight excluding hydrogens is 280 g/mol. The molecule has 1 aromatic rings. The van der Waals surface area contributed by atoms with Crippen LogP contribution in [0.15, 0.2) is 16.6 Å². The standard InChI is InChI=1S/C8H5BrF4N2/c9-3-1-4(7(10)15)6(14)5(2-3)8(11,12)13/h1-2,15H,14H2. The minimum Gasteiger partial charge on any atom is -0.398 e. The fraction of sp³-hybridized carbons (Fsp3) is 0.125. The van der Waals surface area contributed by atoms with Gasteiger partial charge in [0.25, 0.3) is 0 Å². The lowest BCUT2D eigenvalue weighted by molar-refractivity contribution is -0.136. The second-order valence-electron chi connectivity index (χ2n) is 2.73. The smallest absolute Gasteiger partial charge is 0.398 e. The summed E-state index contributed by atoms with van der Waals surface area (Å²) >= 11 is 2.79. The Kier molecular flexibility index (Phi) is 3.03. The summed E-state index contributed by atoms with van der Waals surface area (Å²) in [5, 5.41) is 6.64. The lowest BCUT2D eigenvalue weighted by atomic mass is 10.1. The molecule has 1 aromatic carbocycles. The summed E-state index contributed by atoms with van der Waals surface area (Å²) in [5.74, 6) is -1.50. The van der Waals surface area contributed by atoms with Gasteiger partial charge in [0, 0.05) is 4.47 Å². The quantitative estimate of drug-likeness (QED) is 0.464. The molecular formula is C8H5BrF4N2. The summed E-state index contributed by atoms with van der Waals surface area (Å²) < 4.78 is 49.7. The van der Waals surface area contributed by atoms with Gasteiger partial charge in [-0.25, -0.2) is 0 Å². The second kappa shape index (κ2) is 3.80. The first-order valence-corrected chi connectivity index (χ1v) is 4.43. The molecule has 7 heteroatoms. The fourth-order valence-electron chi connectivity index (χ4n) is 1.03. The van der Waals surface area contributed by atoms with E-state index in [1.54, 1.807) is 0 Å². The van der Waals surface area contributed by atoms with Crippen LogP contribution in [0.25, 0.3) is 0 Å². The van der Waals surface area contributed by atoms with Gasteiger partial charge >= 0.3 is 6.18 Å². The van der Waals surface area contributed by atoms with Gasteiger partial charge in [-0.1, -0.05) is 15.9 Å². The topological polar surface area (TPSA) is 49.9 Å². The molecule has 0 saturated heterocycles. The zero-order chi connectivity index (χ0) is 11.8. The van der Waals surface area contributed by atoms with Crippen LogP contribution in [0.1, 0.15) is 11.1 Å². The molecule has 0 fully saturated rings. The first-order valence-electron chi connectivity index (χ1n) is 3.64. The molecule has 0 radical (unpaired) electrons. The van der Waals surface area contributed by atoms with Crippen LogP contribution in [0.2, 0.25) is 0 Å². The van der Waals surface area contributed by atoms with Crippen molar-refractivity contribution in [1.29, 1.82) is 5.41 Å². The first kappa shape index (κ1) is 12.0. The lowest BCUT2D eigenvalue weighted by Crippen LogP contribution is -2.12. The number of benzene rings is 1. The van der Waals surface area contributed by atoms with E-state index in [1.165, 1.54) is 0 Å². The third kappa shape index (κ3) is 2.47. The van der Waals surface area contributed by atoms with Crippen molar-refractivity contribution < 1.29 is 17.6 Å². The fourth-order valence-corrected chi connectivity index (χ4v) is 1.49. The molecule has 0 aliphatic heterocycles. The second-order valence-corrected chi connectivity index (χ2v) is 3.64. The zero-order valence-corrected chi connectivity index (χ0v) is 8.71. The van der Waals surface area contributed by atoms with E-state index in [-0.39, 0.29) is 4.47 Å². The average molecular weight is 285 g/mol. The van der Waals surface area contributed by atoms with Crippen molar-refractivity contribution in [1.82, 2.24) is 0 Å². The predicted molar refractivity (Wildman–Crippen MR) is 51.5 cm³/mol. The van der Waals surface area contributed by atoms with Gasteiger partial charge in [-0.15, -0.1) is 0 Å². The number of hydrogen-bond donors (Lipinski definition) is 2. The number of alkyl halides is 3. The average Bonchev–Trinajstić information content (AvgIpc) is 2.06. The Hall–Kier alpha value is -1.11. The summed E-state index contributed by atoms with van der Waals surface area (Å²) in [5.41, 5.74) is 2.61. The molecule has 2 nitrogen and oxygen atoms in total. The number of nitrogens with two attached hydrogens (primary N) is 1. The molecule has 0 aliphatic rings. The van der Waals surface area contributed by atoms with Crippen molar-refractivity contribution >= 4 is 27.6 Å². The molecule has 0 saturated carbocycles. The molecule has 15 heavy (non-hydrogen) atoms. The van der Waals surface area contributed by atoms with Crippen molar-refractivity contribution in [3.63, 3.8) is 0 Å². The van der Waals surface area contributed by atoms with Crippen LogP contribution < -0.4 is 5.73 Å². The van der Waals surface area contributed by atoms with Gasteiger partial charge < -0.3 is 5.73 Å². The maximum absolute atomic E-state index is 12.6. The summed E-state index contributed by atoms with van der Waals surface area (Å²) in [4.78, 5) is 0. The number of nitrogen functional groups attached to an aromatic ring is 1. The molecule has 1 rings (SSSR count). The molecule has 0 amide bonds. The van der Waals surface area contributed by atoms with Crippen molar-refractivity contribution in [3.8, 4) is 0 Å². The van der Waals surface area contributed by atoms with Gasteiger partial charge in [-0.2, -0.15) is 17.6 Å². The summed E-state index contributed by atoms with van der Waals surface area (Å²) in [6.07, 6.45) is -4.67. The number of nitrogens with one attached hydrogen (secondary N) is 1. The first-order chi connectivity index (χ1) is 6.73. The molecule has 3 N–H and O–H groups in total. The van der Waals surface area contributed by atoms with E-state index < -0.39 is 29.0 Å². The van der Waals surface area contributed by atoms with Crippen LogP contribution in [-0.2, 0) is 6.18 Å². The summed E-state index contributed by atoms with van der Waals surface area (Å²) in [6.45, 7) is 0. The molecule has 0 aromatic heterocycles. The van der Waals surface area contributed by atoms with E-state index >= 15 is 0 Å². The molecule has 0 bridgehead atoms. The Morgan fingerprint density at radius 2 is 1.87 bits per heavy atom. The molecule has 0 aliphatic carbocycles. The Bertz CT molecular complexity index is 414. The molecule has 0 spiro atoms. The lowest BCUT2D eigenvalue weighted by Gasteiger charge is -2.12. The molecule has 82 valence electrons. The minimum absolute atomic E-state index is 0.0152. The largest absolute Gasteiger partial charge is 0.418 e. The van der Waals surface area contributed by atoms with Crippen LogP contribution in [-0.4, -0.2) is 5.97 Å². The third-order valence-corrected chi connectivity index (χ3v) is 2.14. The van der Waals surface area contributed by atoms with Crippen molar-refractivity contribution in [2.75, 3.05) is 5.73 Å². The van der Waals surface area contributed by atoms with Gasteiger partial charge in [0.1, 0.15) is 0 Å². The number of halogens is 5. The van der Waals surface area contributed by atoms with Gasteiger partial charge in [-0.3, -0.25) is 5.41 Å². The predicted octanol–water partition coefficient (Wildman–Crippen LogP) is 3.34. The number of rotatable bonds is 1. The Balaban J connectivity index is 3.49. The zero-order valence-electron chi connectivity index (χ0n) is 7.12. The maximum atomic E-state index is 12.6. The monoisotopic (exact) mass is 284 g/mol. The molecule has 0 unspecified atom stereocenters. The van der Waals surface area contributed by atoms with E-state index in [1.807, 2.05) is 0 Å². The normalized spacial score (nSPS) is 11.5. The highest BCUT2D eigenvalue weighted by Crippen LogP contribution is 2.37.